The predicted molar refractivity (Wildman–Crippen MR) is 135 cm³/mol. The van der Waals surface area contributed by atoms with Crippen LogP contribution in [-0.2, 0) is 20.9 Å². The van der Waals surface area contributed by atoms with Crippen molar-refractivity contribution in [1.29, 1.82) is 0 Å². The number of hydrogen-bond donors (Lipinski definition) is 2. The van der Waals surface area contributed by atoms with Crippen LogP contribution in [0.5, 0.6) is 0 Å². The molecule has 1 amide bonds. The second-order valence-electron chi connectivity index (χ2n) is 7.67. The second-order valence-corrected chi connectivity index (χ2v) is 7.67. The molecule has 6 nitrogen and oxygen atoms in total. The second kappa shape index (κ2) is 13.6. The van der Waals surface area contributed by atoms with E-state index in [2.05, 4.69) is 23.5 Å². The van der Waals surface area contributed by atoms with Crippen LogP contribution in [-0.4, -0.2) is 28.0 Å². The molecule has 0 radical (unpaired) electrons. The van der Waals surface area contributed by atoms with Crippen LogP contribution in [0.2, 0.25) is 0 Å². The molecule has 1 heterocycles. The van der Waals surface area contributed by atoms with Crippen molar-refractivity contribution in [2.24, 2.45) is 0 Å². The lowest BCUT2D eigenvalue weighted by Gasteiger charge is -2.17. The van der Waals surface area contributed by atoms with Crippen molar-refractivity contribution in [1.82, 2.24) is 10.3 Å². The highest BCUT2D eigenvalue weighted by atomic mass is 16.5. The zero-order valence-corrected chi connectivity index (χ0v) is 19.8. The summed E-state index contributed by atoms with van der Waals surface area (Å²) < 4.78 is 5.74. The first-order valence-corrected chi connectivity index (χ1v) is 11.1. The molecule has 2 N–H and O–H groups in total. The van der Waals surface area contributed by atoms with E-state index >= 15 is 0 Å². The number of allylic oxidation sites excluding steroid dienone is 8. The first-order chi connectivity index (χ1) is 16.4. The number of carboxylic acid groups (broad SMARTS) is 1. The predicted octanol–water partition coefficient (Wildman–Crippen LogP) is 5.35. The normalized spacial score (nSPS) is 18.9. The van der Waals surface area contributed by atoms with Crippen LogP contribution in [0.3, 0.4) is 0 Å². The molecule has 0 bridgehead atoms. The van der Waals surface area contributed by atoms with E-state index in [0.717, 1.165) is 22.4 Å². The molecule has 1 aliphatic rings. The summed E-state index contributed by atoms with van der Waals surface area (Å²) in [6.45, 7) is 11.8. The number of carboxylic acids is 1. The van der Waals surface area contributed by atoms with E-state index in [1.165, 1.54) is 0 Å². The van der Waals surface area contributed by atoms with Gasteiger partial charge in [0.25, 0.3) is 5.91 Å². The number of aliphatic carboxylic acids is 1. The largest absolute Gasteiger partial charge is 0.488 e. The molecule has 0 fully saturated rings. The van der Waals surface area contributed by atoms with E-state index < -0.39 is 17.9 Å². The third-order valence-electron chi connectivity index (χ3n) is 5.34. The van der Waals surface area contributed by atoms with Gasteiger partial charge in [0.15, 0.2) is 0 Å². The molecule has 2 rings (SSSR count). The van der Waals surface area contributed by atoms with Crippen molar-refractivity contribution in [3.05, 3.63) is 114 Å². The summed E-state index contributed by atoms with van der Waals surface area (Å²) in [5, 5.41) is 12.1. The van der Waals surface area contributed by atoms with E-state index in [4.69, 9.17) is 4.74 Å². The van der Waals surface area contributed by atoms with E-state index in [1.54, 1.807) is 37.4 Å². The molecular formula is C28H32N2O4. The van der Waals surface area contributed by atoms with Crippen LogP contribution in [0.1, 0.15) is 38.8 Å². The number of amides is 1. The molecule has 0 spiro atoms. The Hall–Kier alpha value is -3.93. The number of aromatic nitrogens is 1. The minimum atomic E-state index is -1.09. The molecule has 0 saturated carbocycles. The van der Waals surface area contributed by atoms with Crippen molar-refractivity contribution in [3.8, 4) is 0 Å². The van der Waals surface area contributed by atoms with Crippen LogP contribution in [0.15, 0.2) is 108 Å². The quantitative estimate of drug-likeness (QED) is 0.363. The molecular weight excluding hydrogens is 428 g/mol. The van der Waals surface area contributed by atoms with E-state index in [-0.39, 0.29) is 6.42 Å². The number of carbonyl (C=O) groups excluding carboxylic acids is 1. The molecule has 178 valence electrons. The molecule has 1 aliphatic carbocycles. The lowest BCUT2D eigenvalue weighted by atomic mass is 9.94. The van der Waals surface area contributed by atoms with Gasteiger partial charge >= 0.3 is 5.97 Å². The number of rotatable bonds is 10. The summed E-state index contributed by atoms with van der Waals surface area (Å²) >= 11 is 0. The average Bonchev–Trinajstić information content (AvgIpc) is 2.82. The minimum Gasteiger partial charge on any atom is -0.488 e. The Morgan fingerprint density at radius 1 is 1.26 bits per heavy atom. The minimum absolute atomic E-state index is 0.172. The number of nitrogens with zero attached hydrogens (tertiary/aromatic N) is 1. The maximum atomic E-state index is 12.8. The number of carbonyl (C=O) groups is 2. The van der Waals surface area contributed by atoms with E-state index in [0.29, 0.717) is 30.8 Å². The number of ether oxygens (including phenoxy) is 1. The van der Waals surface area contributed by atoms with E-state index in [9.17, 15) is 14.7 Å². The Bertz CT molecular complexity index is 1060. The molecule has 0 aliphatic heterocycles. The van der Waals surface area contributed by atoms with Crippen molar-refractivity contribution < 1.29 is 19.4 Å². The average molecular weight is 461 g/mol. The van der Waals surface area contributed by atoms with Gasteiger partial charge in [-0.25, -0.2) is 4.79 Å². The fourth-order valence-corrected chi connectivity index (χ4v) is 3.37. The van der Waals surface area contributed by atoms with Gasteiger partial charge in [-0.1, -0.05) is 61.3 Å². The molecule has 0 saturated heterocycles. The van der Waals surface area contributed by atoms with Gasteiger partial charge in [0.2, 0.25) is 0 Å². The number of nitrogens with one attached hydrogen (secondary N) is 1. The summed E-state index contributed by atoms with van der Waals surface area (Å²) in [5.41, 5.74) is 4.07. The van der Waals surface area contributed by atoms with Crippen molar-refractivity contribution in [2.45, 2.75) is 45.8 Å². The smallest absolute Gasteiger partial charge is 0.326 e. The summed E-state index contributed by atoms with van der Waals surface area (Å²) in [5.74, 6) is -0.982. The highest BCUT2D eigenvalue weighted by molar-refractivity contribution is 5.98. The van der Waals surface area contributed by atoms with Gasteiger partial charge in [0.05, 0.1) is 5.69 Å². The number of pyridine rings is 1. The van der Waals surface area contributed by atoms with Gasteiger partial charge in [-0.2, -0.15) is 0 Å². The Kier molecular flexibility index (Phi) is 10.5. The van der Waals surface area contributed by atoms with Gasteiger partial charge in [0, 0.05) is 18.2 Å². The topological polar surface area (TPSA) is 88.5 Å². The highest BCUT2D eigenvalue weighted by Gasteiger charge is 2.22. The van der Waals surface area contributed by atoms with Crippen LogP contribution in [0.4, 0.5) is 0 Å². The van der Waals surface area contributed by atoms with Gasteiger partial charge in [-0.05, 0) is 56.0 Å². The summed E-state index contributed by atoms with van der Waals surface area (Å²) in [7, 11) is 0. The maximum Gasteiger partial charge on any atom is 0.326 e. The molecule has 1 atom stereocenters. The highest BCUT2D eigenvalue weighted by Crippen LogP contribution is 2.25. The Balaban J connectivity index is 2.07. The van der Waals surface area contributed by atoms with Crippen LogP contribution >= 0.6 is 0 Å². The maximum absolute atomic E-state index is 12.8. The van der Waals surface area contributed by atoms with Gasteiger partial charge < -0.3 is 15.2 Å². The third-order valence-corrected chi connectivity index (χ3v) is 5.34. The molecule has 34 heavy (non-hydrogen) atoms. The number of hydrogen-bond acceptors (Lipinski definition) is 4. The zero-order valence-electron chi connectivity index (χ0n) is 19.8. The summed E-state index contributed by atoms with van der Waals surface area (Å²) in [6, 6.07) is 4.61. The standard InChI is InChI=1S/C28H32N2O4/c1-5-21(6-2)18-26(28(32)33)30-27(31)23-11-10-12-24(22(7-3)14-15-23)17-20(4)34-19-25-13-8-9-16-29-25/h5-11,13,15-17,26H,1,4,12,14,18-19H2,2-3H3,(H,30,31)(H,32,33)/b11-10?,21-6+,22-7-,23-15+,24-17-. The lowest BCUT2D eigenvalue weighted by molar-refractivity contribution is -0.141. The molecule has 1 aromatic rings. The van der Waals surface area contributed by atoms with Crippen molar-refractivity contribution in [3.63, 3.8) is 0 Å². The van der Waals surface area contributed by atoms with Crippen molar-refractivity contribution in [2.75, 3.05) is 0 Å². The zero-order chi connectivity index (χ0) is 24.9. The first-order valence-electron chi connectivity index (χ1n) is 11.1. The summed E-state index contributed by atoms with van der Waals surface area (Å²) in [6.07, 6.45) is 15.7. The van der Waals surface area contributed by atoms with Gasteiger partial charge in [0.1, 0.15) is 18.4 Å². The Labute approximate surface area is 201 Å². The van der Waals surface area contributed by atoms with Crippen LogP contribution < -0.4 is 5.32 Å². The summed E-state index contributed by atoms with van der Waals surface area (Å²) in [4.78, 5) is 28.7. The lowest BCUT2D eigenvalue weighted by Crippen LogP contribution is -2.41. The molecule has 1 aromatic heterocycles. The van der Waals surface area contributed by atoms with E-state index in [1.807, 2.05) is 43.4 Å². The first kappa shape index (κ1) is 26.3. The Morgan fingerprint density at radius 3 is 2.68 bits per heavy atom. The molecule has 0 aromatic carbocycles. The van der Waals surface area contributed by atoms with Crippen LogP contribution in [0.25, 0.3) is 0 Å². The Morgan fingerprint density at radius 2 is 2.06 bits per heavy atom. The fraction of sp³-hybridized carbons (Fsp3) is 0.250. The van der Waals surface area contributed by atoms with Crippen LogP contribution in [0, 0.1) is 0 Å². The van der Waals surface area contributed by atoms with Gasteiger partial charge in [-0.3, -0.25) is 9.78 Å². The molecule has 6 heteroatoms. The molecule has 1 unspecified atom stereocenters. The fourth-order valence-electron chi connectivity index (χ4n) is 3.37. The van der Waals surface area contributed by atoms with Gasteiger partial charge in [-0.15, -0.1) is 0 Å². The SMILES string of the molecule is C=C/C(=C\C)CC(NC(=O)/C1=C/CC(=C/C)/C(=C\C(=C)OCc2ccccn2)CC=C1)C(=O)O. The third kappa shape index (κ3) is 8.20. The monoisotopic (exact) mass is 460 g/mol. The van der Waals surface area contributed by atoms with Crippen molar-refractivity contribution >= 4 is 11.9 Å².